The minimum Gasteiger partial charge on any atom is -0.481 e. The highest BCUT2D eigenvalue weighted by molar-refractivity contribution is 5.95. The zero-order valence-electron chi connectivity index (χ0n) is 14.0. The molecule has 3 unspecified atom stereocenters. The molecule has 14 nitrogen and oxygen atoms in total. The molecule has 0 rings (SSSR count). The first-order valence-corrected chi connectivity index (χ1v) is 7.44. The lowest BCUT2D eigenvalue weighted by Crippen LogP contribution is -2.55. The molecule has 4 amide bonds. The lowest BCUT2D eigenvalue weighted by atomic mass is 10.1. The monoisotopic (exact) mass is 391 g/mol. The van der Waals surface area contributed by atoms with Gasteiger partial charge < -0.3 is 42.7 Å². The van der Waals surface area contributed by atoms with Crippen LogP contribution in [0.1, 0.15) is 12.8 Å². The van der Waals surface area contributed by atoms with Gasteiger partial charge in [-0.05, 0) is 0 Å². The van der Waals surface area contributed by atoms with E-state index in [-0.39, 0.29) is 0 Å². The van der Waals surface area contributed by atoms with Gasteiger partial charge in [0.15, 0.2) is 0 Å². The third-order valence-corrected chi connectivity index (χ3v) is 3.01. The standard InChI is InChI=1S/C13H21N5O9/c14-5(1-10(22)23)11(24)16-3-9(21)17-6(2-8(15)20)12(25)18-7(4-19)13(26)27/h5-7,19H,1-4,14H2,(H2,15,20)(H,16,24)(H,17,21)(H,18,25)(H,22,23)(H,26,27). The Morgan fingerprint density at radius 1 is 0.889 bits per heavy atom. The van der Waals surface area contributed by atoms with Crippen molar-refractivity contribution in [1.82, 2.24) is 16.0 Å². The van der Waals surface area contributed by atoms with Crippen LogP contribution in [-0.2, 0) is 28.8 Å². The lowest BCUT2D eigenvalue weighted by Gasteiger charge is -2.20. The minimum absolute atomic E-state index is 0.669. The predicted molar refractivity (Wildman–Crippen MR) is 85.6 cm³/mol. The normalized spacial score (nSPS) is 13.6. The van der Waals surface area contributed by atoms with Crippen molar-refractivity contribution in [3.8, 4) is 0 Å². The first kappa shape index (κ1) is 23.7. The van der Waals surface area contributed by atoms with Crippen molar-refractivity contribution in [3.63, 3.8) is 0 Å². The molecule has 27 heavy (non-hydrogen) atoms. The maximum atomic E-state index is 12.0. The van der Waals surface area contributed by atoms with Crippen molar-refractivity contribution in [1.29, 1.82) is 0 Å². The second-order valence-electron chi connectivity index (χ2n) is 5.29. The molecule has 0 aromatic rings. The number of nitrogens with one attached hydrogen (secondary N) is 3. The summed E-state index contributed by atoms with van der Waals surface area (Å²) in [6.07, 6.45) is -1.35. The highest BCUT2D eigenvalue weighted by atomic mass is 16.4. The molecule has 0 radical (unpaired) electrons. The number of carboxylic acid groups (broad SMARTS) is 2. The molecule has 0 heterocycles. The number of aliphatic carboxylic acids is 2. The number of carboxylic acids is 2. The van der Waals surface area contributed by atoms with Gasteiger partial charge in [0.2, 0.25) is 23.6 Å². The van der Waals surface area contributed by atoms with Crippen LogP contribution in [0.5, 0.6) is 0 Å². The van der Waals surface area contributed by atoms with Gasteiger partial charge in [0.1, 0.15) is 12.1 Å². The number of rotatable bonds is 12. The maximum Gasteiger partial charge on any atom is 0.328 e. The fourth-order valence-electron chi connectivity index (χ4n) is 1.69. The maximum absolute atomic E-state index is 12.0. The van der Waals surface area contributed by atoms with Crippen LogP contribution in [0.2, 0.25) is 0 Å². The first-order chi connectivity index (χ1) is 12.5. The Balaban J connectivity index is 4.79. The van der Waals surface area contributed by atoms with E-state index in [9.17, 15) is 28.8 Å². The summed E-state index contributed by atoms with van der Waals surface area (Å²) in [6, 6.07) is -4.63. The van der Waals surface area contributed by atoms with Crippen LogP contribution >= 0.6 is 0 Å². The third kappa shape index (κ3) is 9.71. The Bertz CT molecular complexity index is 609. The van der Waals surface area contributed by atoms with Crippen LogP contribution in [0.15, 0.2) is 0 Å². The Hall–Kier alpha value is -3.26. The van der Waals surface area contributed by atoms with E-state index in [2.05, 4.69) is 5.32 Å². The van der Waals surface area contributed by atoms with E-state index in [1.807, 2.05) is 10.6 Å². The number of aliphatic hydroxyl groups is 1. The minimum atomic E-state index is -1.67. The van der Waals surface area contributed by atoms with Crippen LogP contribution in [0.3, 0.4) is 0 Å². The van der Waals surface area contributed by atoms with Gasteiger partial charge in [0, 0.05) is 0 Å². The molecule has 0 saturated carbocycles. The summed E-state index contributed by atoms with van der Waals surface area (Å²) in [7, 11) is 0. The lowest BCUT2D eigenvalue weighted by molar-refractivity contribution is -0.143. The SMILES string of the molecule is NC(=O)CC(NC(=O)CNC(=O)C(N)CC(=O)O)C(=O)NC(CO)C(=O)O. The molecule has 0 fully saturated rings. The van der Waals surface area contributed by atoms with Gasteiger partial charge in [-0.15, -0.1) is 0 Å². The molecule has 14 heteroatoms. The van der Waals surface area contributed by atoms with Gasteiger partial charge in [-0.25, -0.2) is 4.79 Å². The van der Waals surface area contributed by atoms with Crippen LogP contribution in [0.4, 0.5) is 0 Å². The number of carbonyl (C=O) groups excluding carboxylic acids is 4. The van der Waals surface area contributed by atoms with Gasteiger partial charge in [0.05, 0.1) is 32.0 Å². The van der Waals surface area contributed by atoms with Gasteiger partial charge in [-0.2, -0.15) is 0 Å². The van der Waals surface area contributed by atoms with Crippen molar-refractivity contribution in [2.75, 3.05) is 13.2 Å². The quantitative estimate of drug-likeness (QED) is 0.157. The number of primary amides is 1. The summed E-state index contributed by atoms with van der Waals surface area (Å²) in [5.41, 5.74) is 10.2. The van der Waals surface area contributed by atoms with Crippen LogP contribution in [0.25, 0.3) is 0 Å². The molecule has 10 N–H and O–H groups in total. The summed E-state index contributed by atoms with van der Waals surface area (Å²) in [6.45, 7) is -1.63. The van der Waals surface area contributed by atoms with Crippen molar-refractivity contribution >= 4 is 35.6 Å². The average molecular weight is 391 g/mol. The van der Waals surface area contributed by atoms with Gasteiger partial charge in [0.25, 0.3) is 0 Å². The van der Waals surface area contributed by atoms with Crippen molar-refractivity contribution < 1.29 is 44.1 Å². The van der Waals surface area contributed by atoms with Gasteiger partial charge >= 0.3 is 11.9 Å². The fourth-order valence-corrected chi connectivity index (χ4v) is 1.69. The molecule has 0 spiro atoms. The van der Waals surface area contributed by atoms with E-state index >= 15 is 0 Å². The molecule has 0 bridgehead atoms. The zero-order valence-corrected chi connectivity index (χ0v) is 14.0. The summed E-state index contributed by atoms with van der Waals surface area (Å²) in [5, 5.41) is 32.2. The average Bonchev–Trinajstić information content (AvgIpc) is 2.55. The van der Waals surface area contributed by atoms with E-state index in [1.165, 1.54) is 0 Å². The zero-order chi connectivity index (χ0) is 21.1. The Labute approximate surface area is 152 Å². The number of carbonyl (C=O) groups is 6. The summed E-state index contributed by atoms with van der Waals surface area (Å²) in [4.78, 5) is 67.6. The number of nitrogens with two attached hydrogens (primary N) is 2. The van der Waals surface area contributed by atoms with Crippen molar-refractivity contribution in [3.05, 3.63) is 0 Å². The van der Waals surface area contributed by atoms with E-state index < -0.39 is 79.7 Å². The Morgan fingerprint density at radius 2 is 1.48 bits per heavy atom. The highest BCUT2D eigenvalue weighted by Crippen LogP contribution is 1.95. The molecule has 152 valence electrons. The second-order valence-corrected chi connectivity index (χ2v) is 5.29. The molecule has 0 aromatic carbocycles. The number of amides is 4. The molecule has 0 aliphatic carbocycles. The first-order valence-electron chi connectivity index (χ1n) is 7.44. The topological polar surface area (TPSA) is 251 Å². The molecule has 0 aliphatic heterocycles. The molecule has 3 atom stereocenters. The van der Waals surface area contributed by atoms with Crippen molar-refractivity contribution in [2.45, 2.75) is 31.0 Å². The summed E-state index contributed by atoms with van der Waals surface area (Å²) in [5.74, 6) is -6.85. The Kier molecular flexibility index (Phi) is 10.0. The van der Waals surface area contributed by atoms with Crippen LogP contribution < -0.4 is 27.4 Å². The van der Waals surface area contributed by atoms with E-state index in [0.717, 1.165) is 0 Å². The molecule has 0 aliphatic rings. The van der Waals surface area contributed by atoms with Crippen LogP contribution in [0, 0.1) is 0 Å². The molecular weight excluding hydrogens is 370 g/mol. The fraction of sp³-hybridized carbons (Fsp3) is 0.538. The van der Waals surface area contributed by atoms with Crippen molar-refractivity contribution in [2.24, 2.45) is 11.5 Å². The third-order valence-electron chi connectivity index (χ3n) is 3.01. The largest absolute Gasteiger partial charge is 0.481 e. The number of hydrogen-bond donors (Lipinski definition) is 8. The summed E-state index contributed by atoms with van der Waals surface area (Å²) >= 11 is 0. The van der Waals surface area contributed by atoms with Crippen LogP contribution in [-0.4, -0.2) is 82.2 Å². The van der Waals surface area contributed by atoms with Gasteiger partial charge in [-0.3, -0.25) is 24.0 Å². The number of hydrogen-bond acceptors (Lipinski definition) is 8. The van der Waals surface area contributed by atoms with E-state index in [1.54, 1.807) is 0 Å². The van der Waals surface area contributed by atoms with E-state index in [4.69, 9.17) is 26.8 Å². The number of aliphatic hydroxyl groups excluding tert-OH is 1. The van der Waals surface area contributed by atoms with E-state index in [0.29, 0.717) is 0 Å². The molecule has 0 aromatic heterocycles. The summed E-state index contributed by atoms with van der Waals surface area (Å²) < 4.78 is 0. The predicted octanol–water partition coefficient (Wildman–Crippen LogP) is -5.17. The molecular formula is C13H21N5O9. The molecule has 0 saturated heterocycles. The Morgan fingerprint density at radius 3 is 1.93 bits per heavy atom. The highest BCUT2D eigenvalue weighted by Gasteiger charge is 2.27. The van der Waals surface area contributed by atoms with Gasteiger partial charge in [-0.1, -0.05) is 0 Å². The smallest absolute Gasteiger partial charge is 0.328 e. The second kappa shape index (κ2) is 11.4.